The number of aromatic hydroxyl groups is 1. The van der Waals surface area contributed by atoms with E-state index in [0.717, 1.165) is 6.07 Å². The van der Waals surface area contributed by atoms with E-state index in [2.05, 4.69) is 10.2 Å². The summed E-state index contributed by atoms with van der Waals surface area (Å²) in [7, 11) is -3.90. The molecule has 0 saturated carbocycles. The number of nitrogens with one attached hydrogen (secondary N) is 1. The van der Waals surface area contributed by atoms with Crippen molar-refractivity contribution in [3.05, 3.63) is 48.0 Å². The van der Waals surface area contributed by atoms with E-state index in [9.17, 15) is 23.1 Å². The zero-order valence-corrected chi connectivity index (χ0v) is 12.8. The molecule has 0 bridgehead atoms. The van der Waals surface area contributed by atoms with Gasteiger partial charge < -0.3 is 10.2 Å². The number of carbonyl (C=O) groups is 2. The van der Waals surface area contributed by atoms with Gasteiger partial charge in [-0.15, -0.1) is 0 Å². The number of benzene rings is 2. The van der Waals surface area contributed by atoms with Crippen LogP contribution in [0.4, 0.5) is 11.4 Å². The number of amides is 1. The Kier molecular flexibility index (Phi) is 4.90. The monoisotopic (exact) mass is 349 g/mol. The van der Waals surface area contributed by atoms with Crippen LogP contribution in [0.25, 0.3) is 0 Å². The number of rotatable bonds is 6. The van der Waals surface area contributed by atoms with Crippen molar-refractivity contribution in [2.45, 2.75) is 4.90 Å². The van der Waals surface area contributed by atoms with E-state index in [1.54, 1.807) is 4.72 Å². The van der Waals surface area contributed by atoms with Gasteiger partial charge in [-0.05, 0) is 42.5 Å². The smallest absolute Gasteiger partial charge is 0.339 e. The minimum atomic E-state index is -3.90. The molecule has 0 saturated heterocycles. The summed E-state index contributed by atoms with van der Waals surface area (Å²) in [6, 6.07) is 8.90. The Balaban J connectivity index is 2.23. The molecular weight excluding hydrogens is 338 g/mol. The van der Waals surface area contributed by atoms with Crippen LogP contribution in [0.1, 0.15) is 10.4 Å². The molecule has 24 heavy (non-hydrogen) atoms. The maximum atomic E-state index is 11.6. The highest BCUT2D eigenvalue weighted by Crippen LogP contribution is 2.25. The van der Waals surface area contributed by atoms with Crippen molar-refractivity contribution in [1.82, 2.24) is 4.72 Å². The number of aromatic carboxylic acids is 1. The molecule has 2 aromatic carbocycles. The maximum absolute atomic E-state index is 11.6. The number of phenols is 1. The van der Waals surface area contributed by atoms with Gasteiger partial charge in [0, 0.05) is 0 Å². The first-order chi connectivity index (χ1) is 11.3. The van der Waals surface area contributed by atoms with Crippen LogP contribution in [-0.2, 0) is 14.8 Å². The van der Waals surface area contributed by atoms with Gasteiger partial charge in [-0.1, -0.05) is 0 Å². The number of carboxylic acid groups (broad SMARTS) is 1. The normalized spacial score (nSPS) is 11.3. The molecule has 0 spiro atoms. The molecule has 3 N–H and O–H groups in total. The number of carbonyl (C=O) groups excluding carboxylic acids is 1. The predicted molar refractivity (Wildman–Crippen MR) is 82.1 cm³/mol. The minimum absolute atomic E-state index is 0.0633. The first-order valence-electron chi connectivity index (χ1n) is 6.37. The van der Waals surface area contributed by atoms with Gasteiger partial charge in [-0.2, -0.15) is 10.2 Å². The standard InChI is InChI=1S/C14H11N3O6S/c18-8-15-24(22,23)11-4-1-9(2-5-11)16-17-10-3-6-13(19)12(7-10)14(20)21/h1-8,19H,(H,15,18)(H,20,21). The lowest BCUT2D eigenvalue weighted by Crippen LogP contribution is -2.21. The molecule has 0 atom stereocenters. The van der Waals surface area contributed by atoms with E-state index < -0.39 is 21.7 Å². The third-order valence-electron chi connectivity index (χ3n) is 2.84. The Morgan fingerprint density at radius 2 is 1.62 bits per heavy atom. The maximum Gasteiger partial charge on any atom is 0.339 e. The molecule has 1 amide bonds. The first-order valence-corrected chi connectivity index (χ1v) is 7.86. The van der Waals surface area contributed by atoms with Crippen LogP contribution in [-0.4, -0.2) is 31.0 Å². The second-order valence-electron chi connectivity index (χ2n) is 4.44. The molecule has 0 aliphatic carbocycles. The molecule has 0 radical (unpaired) electrons. The molecule has 2 rings (SSSR count). The predicted octanol–water partition coefficient (Wildman–Crippen LogP) is 1.94. The number of sulfonamides is 1. The molecule has 124 valence electrons. The number of hydrogen-bond donors (Lipinski definition) is 3. The summed E-state index contributed by atoms with van der Waals surface area (Å²) in [6.07, 6.45) is 0.0633. The fourth-order valence-corrected chi connectivity index (χ4v) is 2.45. The first kappa shape index (κ1) is 17.1. The fraction of sp³-hybridized carbons (Fsp3) is 0. The van der Waals surface area contributed by atoms with Crippen molar-refractivity contribution >= 4 is 33.8 Å². The van der Waals surface area contributed by atoms with Crippen LogP contribution in [0.5, 0.6) is 5.75 Å². The third kappa shape index (κ3) is 3.93. The molecule has 0 aliphatic heterocycles. The zero-order chi connectivity index (χ0) is 17.7. The van der Waals surface area contributed by atoms with Gasteiger partial charge in [0.25, 0.3) is 10.0 Å². The van der Waals surface area contributed by atoms with Crippen LogP contribution in [0.2, 0.25) is 0 Å². The lowest BCUT2D eigenvalue weighted by Gasteiger charge is -2.02. The Morgan fingerprint density at radius 3 is 2.21 bits per heavy atom. The van der Waals surface area contributed by atoms with Crippen LogP contribution >= 0.6 is 0 Å². The summed E-state index contributed by atoms with van der Waals surface area (Å²) >= 11 is 0. The van der Waals surface area contributed by atoms with Gasteiger partial charge in [0.05, 0.1) is 16.3 Å². The third-order valence-corrected chi connectivity index (χ3v) is 4.14. The van der Waals surface area contributed by atoms with Gasteiger partial charge in [0.15, 0.2) is 0 Å². The molecule has 0 heterocycles. The molecule has 2 aromatic rings. The van der Waals surface area contributed by atoms with Crippen molar-refractivity contribution in [2.75, 3.05) is 0 Å². The fourth-order valence-electron chi connectivity index (χ4n) is 1.70. The van der Waals surface area contributed by atoms with E-state index in [4.69, 9.17) is 5.11 Å². The highest BCUT2D eigenvalue weighted by atomic mass is 32.2. The Hall–Kier alpha value is -3.27. The van der Waals surface area contributed by atoms with Crippen molar-refractivity contribution in [2.24, 2.45) is 10.2 Å². The van der Waals surface area contributed by atoms with Crippen LogP contribution < -0.4 is 4.72 Å². The second-order valence-corrected chi connectivity index (χ2v) is 6.15. The number of azo groups is 1. The molecule has 0 aromatic heterocycles. The van der Waals surface area contributed by atoms with Gasteiger partial charge in [0.2, 0.25) is 6.41 Å². The average Bonchev–Trinajstić information content (AvgIpc) is 2.54. The van der Waals surface area contributed by atoms with Crippen molar-refractivity contribution in [1.29, 1.82) is 0 Å². The van der Waals surface area contributed by atoms with E-state index in [1.807, 2.05) is 0 Å². The highest BCUT2D eigenvalue weighted by molar-refractivity contribution is 7.90. The summed E-state index contributed by atoms with van der Waals surface area (Å²) in [6.45, 7) is 0. The average molecular weight is 349 g/mol. The zero-order valence-electron chi connectivity index (χ0n) is 11.9. The van der Waals surface area contributed by atoms with Gasteiger partial charge in [-0.25, -0.2) is 13.2 Å². The molecule has 10 heteroatoms. The lowest BCUT2D eigenvalue weighted by molar-refractivity contribution is -0.108. The molecular formula is C14H11N3O6S. The van der Waals surface area contributed by atoms with Crippen LogP contribution in [0.3, 0.4) is 0 Å². The van der Waals surface area contributed by atoms with Crippen molar-refractivity contribution in [3.8, 4) is 5.75 Å². The van der Waals surface area contributed by atoms with E-state index in [1.165, 1.54) is 36.4 Å². The molecule has 0 unspecified atom stereocenters. The highest BCUT2D eigenvalue weighted by Gasteiger charge is 2.12. The Labute approximate surface area is 136 Å². The summed E-state index contributed by atoms with van der Waals surface area (Å²) < 4.78 is 24.9. The summed E-state index contributed by atoms with van der Waals surface area (Å²) in [4.78, 5) is 21.0. The van der Waals surface area contributed by atoms with Gasteiger partial charge in [0.1, 0.15) is 11.3 Å². The van der Waals surface area contributed by atoms with Gasteiger partial charge >= 0.3 is 5.97 Å². The van der Waals surface area contributed by atoms with Gasteiger partial charge in [-0.3, -0.25) is 9.52 Å². The van der Waals surface area contributed by atoms with E-state index in [0.29, 0.717) is 5.69 Å². The number of nitrogens with zero attached hydrogens (tertiary/aromatic N) is 2. The topological polar surface area (TPSA) is 145 Å². The Bertz CT molecular complexity index is 907. The number of carboxylic acids is 1. The van der Waals surface area contributed by atoms with Crippen LogP contribution in [0.15, 0.2) is 57.6 Å². The summed E-state index contributed by atoms with van der Waals surface area (Å²) in [5, 5.41) is 26.0. The Morgan fingerprint density at radius 1 is 1.04 bits per heavy atom. The lowest BCUT2D eigenvalue weighted by atomic mass is 10.2. The molecule has 0 aliphatic rings. The van der Waals surface area contributed by atoms with Crippen molar-refractivity contribution in [3.63, 3.8) is 0 Å². The largest absolute Gasteiger partial charge is 0.507 e. The quantitative estimate of drug-likeness (QED) is 0.536. The molecule has 0 fully saturated rings. The number of hydrogen-bond acceptors (Lipinski definition) is 7. The van der Waals surface area contributed by atoms with Crippen LogP contribution in [0, 0.1) is 0 Å². The summed E-state index contributed by atoms with van der Waals surface area (Å²) in [5.74, 6) is -1.69. The van der Waals surface area contributed by atoms with E-state index in [-0.39, 0.29) is 22.6 Å². The van der Waals surface area contributed by atoms with E-state index >= 15 is 0 Å². The SMILES string of the molecule is O=CNS(=O)(=O)c1ccc(N=Nc2ccc(O)c(C(=O)O)c2)cc1. The molecule has 9 nitrogen and oxygen atoms in total. The van der Waals surface area contributed by atoms with Crippen molar-refractivity contribution < 1.29 is 28.2 Å². The summed E-state index contributed by atoms with van der Waals surface area (Å²) in [5.41, 5.74) is 0.197. The second kappa shape index (κ2) is 6.87. The minimum Gasteiger partial charge on any atom is -0.507 e.